The fourth-order valence-electron chi connectivity index (χ4n) is 3.17. The maximum Gasteiger partial charge on any atom is 0.239 e. The van der Waals surface area contributed by atoms with Crippen LogP contribution in [0.4, 0.5) is 0 Å². The molecule has 3 aromatic rings. The number of fused-ring (bicyclic) bond motifs is 1. The molecule has 0 aliphatic rings. The molecule has 0 saturated heterocycles. The minimum absolute atomic E-state index is 0.00217. The molecule has 8 nitrogen and oxygen atoms in total. The molecule has 8 heteroatoms. The molecule has 1 atom stereocenters. The number of aryl methyl sites for hydroxylation is 1. The van der Waals surface area contributed by atoms with Gasteiger partial charge in [0.2, 0.25) is 11.2 Å². The van der Waals surface area contributed by atoms with Crippen molar-refractivity contribution < 1.29 is 34.3 Å². The summed E-state index contributed by atoms with van der Waals surface area (Å²) in [6.45, 7) is -0.142. The molecule has 0 bridgehead atoms. The van der Waals surface area contributed by atoms with Crippen molar-refractivity contribution >= 4 is 11.0 Å². The second-order valence-electron chi connectivity index (χ2n) is 6.55. The van der Waals surface area contributed by atoms with Crippen molar-refractivity contribution in [2.75, 3.05) is 20.8 Å². The van der Waals surface area contributed by atoms with Crippen molar-refractivity contribution in [3.63, 3.8) is 0 Å². The first-order valence-corrected chi connectivity index (χ1v) is 8.92. The summed E-state index contributed by atoms with van der Waals surface area (Å²) in [5.41, 5.74) is 0.448. The molecule has 0 spiro atoms. The lowest BCUT2D eigenvalue weighted by Gasteiger charge is -2.14. The molecule has 0 radical (unpaired) electrons. The molecule has 29 heavy (non-hydrogen) atoms. The minimum Gasteiger partial charge on any atom is -0.508 e. The van der Waals surface area contributed by atoms with E-state index in [4.69, 9.17) is 13.9 Å². The predicted octanol–water partition coefficient (Wildman–Crippen LogP) is 2.53. The van der Waals surface area contributed by atoms with Crippen molar-refractivity contribution in [3.8, 4) is 34.3 Å². The Morgan fingerprint density at radius 3 is 2.48 bits per heavy atom. The van der Waals surface area contributed by atoms with E-state index in [0.29, 0.717) is 24.0 Å². The van der Waals surface area contributed by atoms with E-state index in [-0.39, 0.29) is 46.7 Å². The topological polar surface area (TPSA) is 130 Å². The Bertz CT molecular complexity index is 1080. The third-order valence-corrected chi connectivity index (χ3v) is 4.74. The summed E-state index contributed by atoms with van der Waals surface area (Å²) in [6.07, 6.45) is 0.530. The van der Waals surface area contributed by atoms with Crippen molar-refractivity contribution in [3.05, 3.63) is 46.1 Å². The number of hydrogen-bond acceptors (Lipinski definition) is 8. The fraction of sp³-hybridized carbons (Fsp3) is 0.286. The zero-order chi connectivity index (χ0) is 21.1. The Hall–Kier alpha value is -3.23. The van der Waals surface area contributed by atoms with Crippen LogP contribution in [-0.2, 0) is 11.2 Å². The summed E-state index contributed by atoms with van der Waals surface area (Å²) < 4.78 is 16.2. The Morgan fingerprint density at radius 1 is 1.07 bits per heavy atom. The van der Waals surface area contributed by atoms with Gasteiger partial charge < -0.3 is 34.3 Å². The third-order valence-electron chi connectivity index (χ3n) is 4.74. The molecule has 1 heterocycles. The van der Waals surface area contributed by atoms with Gasteiger partial charge in [0.1, 0.15) is 28.2 Å². The zero-order valence-electron chi connectivity index (χ0n) is 16.0. The standard InChI is InChI=1S/C21H22O8/c1-27-14(10-22)5-3-11-7-12(4-6-15(11)24)20-21(28-2)19(26)18-16(25)8-13(23)9-17(18)29-20/h4,6-9,14,22-25H,3,5,10H2,1-2H3. The second kappa shape index (κ2) is 8.42. The van der Waals surface area contributed by atoms with Gasteiger partial charge in [0.15, 0.2) is 5.76 Å². The van der Waals surface area contributed by atoms with Crippen LogP contribution in [-0.4, -0.2) is 47.4 Å². The number of methoxy groups -OCH3 is 2. The molecule has 3 rings (SSSR count). The van der Waals surface area contributed by atoms with Gasteiger partial charge in [0, 0.05) is 24.8 Å². The van der Waals surface area contributed by atoms with E-state index in [9.17, 15) is 25.2 Å². The van der Waals surface area contributed by atoms with E-state index >= 15 is 0 Å². The van der Waals surface area contributed by atoms with Crippen LogP contribution in [0.2, 0.25) is 0 Å². The number of aliphatic hydroxyl groups is 1. The molecule has 1 unspecified atom stereocenters. The fourth-order valence-corrected chi connectivity index (χ4v) is 3.17. The van der Waals surface area contributed by atoms with E-state index in [1.807, 2.05) is 0 Å². The molecule has 154 valence electrons. The van der Waals surface area contributed by atoms with Crippen LogP contribution < -0.4 is 10.2 Å². The first kappa shape index (κ1) is 20.5. The summed E-state index contributed by atoms with van der Waals surface area (Å²) in [7, 11) is 2.81. The van der Waals surface area contributed by atoms with E-state index in [0.717, 1.165) is 6.07 Å². The van der Waals surface area contributed by atoms with Gasteiger partial charge in [0.25, 0.3) is 0 Å². The van der Waals surface area contributed by atoms with Crippen molar-refractivity contribution in [2.45, 2.75) is 18.9 Å². The van der Waals surface area contributed by atoms with Crippen molar-refractivity contribution in [2.24, 2.45) is 0 Å². The summed E-state index contributed by atoms with van der Waals surface area (Å²) in [4.78, 5) is 12.8. The molecular formula is C21H22O8. The monoisotopic (exact) mass is 402 g/mol. The highest BCUT2D eigenvalue weighted by Crippen LogP contribution is 2.37. The average molecular weight is 402 g/mol. The minimum atomic E-state index is -0.587. The second-order valence-corrected chi connectivity index (χ2v) is 6.55. The summed E-state index contributed by atoms with van der Waals surface area (Å²) in [5.74, 6) is -0.629. The molecule has 0 saturated carbocycles. The number of phenolic OH excluding ortho intramolecular Hbond substituents is 3. The highest BCUT2D eigenvalue weighted by Gasteiger charge is 2.21. The molecule has 4 N–H and O–H groups in total. The van der Waals surface area contributed by atoms with Crippen LogP contribution in [0.3, 0.4) is 0 Å². The van der Waals surface area contributed by atoms with Gasteiger partial charge in [-0.3, -0.25) is 4.79 Å². The molecule has 2 aromatic carbocycles. The van der Waals surface area contributed by atoms with Crippen LogP contribution >= 0.6 is 0 Å². The van der Waals surface area contributed by atoms with Gasteiger partial charge in [-0.05, 0) is 36.6 Å². The maximum absolute atomic E-state index is 12.8. The normalized spacial score (nSPS) is 12.2. The van der Waals surface area contributed by atoms with Crippen LogP contribution in [0.5, 0.6) is 23.0 Å². The summed E-state index contributed by atoms with van der Waals surface area (Å²) in [5, 5.41) is 39.1. The predicted molar refractivity (Wildman–Crippen MR) is 106 cm³/mol. The highest BCUT2D eigenvalue weighted by atomic mass is 16.5. The Labute approximate surface area is 166 Å². The average Bonchev–Trinajstić information content (AvgIpc) is 2.69. The van der Waals surface area contributed by atoms with Crippen molar-refractivity contribution in [1.29, 1.82) is 0 Å². The van der Waals surface area contributed by atoms with Crippen LogP contribution in [0.25, 0.3) is 22.3 Å². The van der Waals surface area contributed by atoms with Crippen LogP contribution in [0.1, 0.15) is 12.0 Å². The first-order chi connectivity index (χ1) is 13.9. The Balaban J connectivity index is 2.13. The first-order valence-electron chi connectivity index (χ1n) is 8.92. The number of rotatable bonds is 7. The number of phenols is 3. The number of aromatic hydroxyl groups is 3. The van der Waals surface area contributed by atoms with Crippen LogP contribution in [0, 0.1) is 0 Å². The van der Waals surface area contributed by atoms with E-state index < -0.39 is 11.2 Å². The highest BCUT2D eigenvalue weighted by molar-refractivity contribution is 5.88. The third kappa shape index (κ3) is 3.98. The molecule has 0 aliphatic carbocycles. The summed E-state index contributed by atoms with van der Waals surface area (Å²) >= 11 is 0. The SMILES string of the molecule is COc1c(-c2ccc(O)c(CCC(CO)OC)c2)oc2cc(O)cc(O)c2c1=O. The van der Waals surface area contributed by atoms with E-state index in [1.165, 1.54) is 26.4 Å². The number of ether oxygens (including phenoxy) is 2. The van der Waals surface area contributed by atoms with E-state index in [2.05, 4.69) is 0 Å². The van der Waals surface area contributed by atoms with Gasteiger partial charge in [-0.25, -0.2) is 0 Å². The maximum atomic E-state index is 12.8. The number of hydrogen-bond donors (Lipinski definition) is 4. The van der Waals surface area contributed by atoms with Gasteiger partial charge >= 0.3 is 0 Å². The lowest BCUT2D eigenvalue weighted by Crippen LogP contribution is -2.16. The zero-order valence-corrected chi connectivity index (χ0v) is 16.0. The lowest BCUT2D eigenvalue weighted by molar-refractivity contribution is 0.0434. The molecular weight excluding hydrogens is 380 g/mol. The Kier molecular flexibility index (Phi) is 5.95. The van der Waals surface area contributed by atoms with Crippen molar-refractivity contribution in [1.82, 2.24) is 0 Å². The largest absolute Gasteiger partial charge is 0.508 e. The Morgan fingerprint density at radius 2 is 1.83 bits per heavy atom. The number of aliphatic hydroxyl groups excluding tert-OH is 1. The van der Waals surface area contributed by atoms with Crippen LogP contribution in [0.15, 0.2) is 39.5 Å². The van der Waals surface area contributed by atoms with E-state index in [1.54, 1.807) is 12.1 Å². The van der Waals surface area contributed by atoms with Gasteiger partial charge in [-0.15, -0.1) is 0 Å². The van der Waals surface area contributed by atoms with Gasteiger partial charge in [-0.1, -0.05) is 0 Å². The molecule has 1 aromatic heterocycles. The lowest BCUT2D eigenvalue weighted by atomic mass is 10.0. The summed E-state index contributed by atoms with van der Waals surface area (Å²) in [6, 6.07) is 6.95. The molecule has 0 aliphatic heterocycles. The molecule has 0 fully saturated rings. The molecule has 0 amide bonds. The smallest absolute Gasteiger partial charge is 0.239 e. The quantitative estimate of drug-likeness (QED) is 0.474. The number of benzene rings is 2. The van der Waals surface area contributed by atoms with Gasteiger partial charge in [-0.2, -0.15) is 0 Å². The van der Waals surface area contributed by atoms with Gasteiger partial charge in [0.05, 0.1) is 19.8 Å².